The van der Waals surface area contributed by atoms with E-state index in [1.54, 1.807) is 6.20 Å². The summed E-state index contributed by atoms with van der Waals surface area (Å²) < 4.78 is 0. The molecule has 0 atom stereocenters. The number of hydrogen-bond donors (Lipinski definition) is 0. The van der Waals surface area contributed by atoms with Crippen molar-refractivity contribution in [3.63, 3.8) is 0 Å². The van der Waals surface area contributed by atoms with Gasteiger partial charge in [0.05, 0.1) is 11.7 Å². The summed E-state index contributed by atoms with van der Waals surface area (Å²) in [6, 6.07) is 8.19. The van der Waals surface area contributed by atoms with Crippen molar-refractivity contribution in [1.82, 2.24) is 10.2 Å². The van der Waals surface area contributed by atoms with Gasteiger partial charge in [-0.25, -0.2) is 0 Å². The van der Waals surface area contributed by atoms with Gasteiger partial charge in [0.25, 0.3) is 0 Å². The lowest BCUT2D eigenvalue weighted by molar-refractivity contribution is 0.570. The minimum atomic E-state index is 0.0661. The van der Waals surface area contributed by atoms with Gasteiger partial charge in [-0.05, 0) is 38.5 Å². The van der Waals surface area contributed by atoms with Gasteiger partial charge in [0, 0.05) is 17.2 Å². The van der Waals surface area contributed by atoms with Gasteiger partial charge in [-0.2, -0.15) is 10.2 Å². The number of fused-ring (bicyclic) bond motifs is 1. The summed E-state index contributed by atoms with van der Waals surface area (Å²) in [6.07, 6.45) is 2.48. The molecule has 0 aliphatic heterocycles. The first-order chi connectivity index (χ1) is 8.04. The van der Waals surface area contributed by atoms with Gasteiger partial charge in [-0.1, -0.05) is 24.0 Å². The second-order valence-electron chi connectivity index (χ2n) is 5.15. The Kier molecular flexibility index (Phi) is 3.10. The molecule has 86 valence electrons. The monoisotopic (exact) mass is 224 g/mol. The van der Waals surface area contributed by atoms with Crippen LogP contribution in [0.4, 0.5) is 0 Å². The minimum absolute atomic E-state index is 0.0661. The van der Waals surface area contributed by atoms with Crippen LogP contribution in [0, 0.1) is 17.3 Å². The van der Waals surface area contributed by atoms with Crippen molar-refractivity contribution in [2.24, 2.45) is 5.41 Å². The molecule has 2 heteroatoms. The van der Waals surface area contributed by atoms with E-state index in [4.69, 9.17) is 0 Å². The second kappa shape index (κ2) is 4.55. The zero-order valence-corrected chi connectivity index (χ0v) is 10.5. The molecular formula is C15H16N2. The maximum atomic E-state index is 4.10. The van der Waals surface area contributed by atoms with E-state index in [-0.39, 0.29) is 5.41 Å². The molecule has 1 aromatic heterocycles. The zero-order chi connectivity index (χ0) is 12.3. The average molecular weight is 224 g/mol. The SMILES string of the molecule is CC(C)(C)C#CCc1ccc2ccnnc2c1. The molecule has 0 amide bonds. The molecule has 0 fully saturated rings. The van der Waals surface area contributed by atoms with Gasteiger partial charge in [0.15, 0.2) is 0 Å². The highest BCUT2D eigenvalue weighted by molar-refractivity contribution is 5.78. The maximum absolute atomic E-state index is 4.10. The summed E-state index contributed by atoms with van der Waals surface area (Å²) >= 11 is 0. The summed E-state index contributed by atoms with van der Waals surface area (Å²) in [4.78, 5) is 0. The lowest BCUT2D eigenvalue weighted by atomic mass is 9.97. The summed E-state index contributed by atoms with van der Waals surface area (Å²) in [5.74, 6) is 6.44. The van der Waals surface area contributed by atoms with Crippen molar-refractivity contribution in [3.8, 4) is 11.8 Å². The Morgan fingerprint density at radius 2 is 2.00 bits per heavy atom. The van der Waals surface area contributed by atoms with Crippen LogP contribution >= 0.6 is 0 Å². The Balaban J connectivity index is 2.22. The smallest absolute Gasteiger partial charge is 0.0932 e. The Hall–Kier alpha value is -1.88. The Labute approximate surface area is 102 Å². The molecule has 0 spiro atoms. The molecule has 1 aromatic carbocycles. The molecule has 0 aliphatic rings. The predicted molar refractivity (Wildman–Crippen MR) is 70.5 cm³/mol. The van der Waals surface area contributed by atoms with Crippen LogP contribution in [0.15, 0.2) is 30.5 Å². The van der Waals surface area contributed by atoms with E-state index in [9.17, 15) is 0 Å². The Morgan fingerprint density at radius 1 is 1.18 bits per heavy atom. The van der Waals surface area contributed by atoms with Gasteiger partial charge in [-0.15, -0.1) is 0 Å². The molecule has 0 saturated heterocycles. The standard InChI is InChI=1S/C15H16N2/c1-15(2,3)9-4-5-12-6-7-13-8-10-16-17-14(13)11-12/h6-8,10-11H,5H2,1-3H3. The molecule has 2 aromatic rings. The summed E-state index contributed by atoms with van der Waals surface area (Å²) in [5.41, 5.74) is 2.19. The third-order valence-corrected chi connectivity index (χ3v) is 2.34. The van der Waals surface area contributed by atoms with Crippen LogP contribution in [0.2, 0.25) is 0 Å². The van der Waals surface area contributed by atoms with Crippen molar-refractivity contribution in [2.45, 2.75) is 27.2 Å². The van der Waals surface area contributed by atoms with Crippen LogP contribution in [0.5, 0.6) is 0 Å². The molecule has 0 bridgehead atoms. The first kappa shape index (κ1) is 11.6. The molecule has 0 N–H and O–H groups in total. The lowest BCUT2D eigenvalue weighted by Crippen LogP contribution is -1.99. The van der Waals surface area contributed by atoms with Gasteiger partial charge < -0.3 is 0 Å². The number of hydrogen-bond acceptors (Lipinski definition) is 2. The van der Waals surface area contributed by atoms with Crippen LogP contribution in [0.3, 0.4) is 0 Å². The molecule has 2 nitrogen and oxygen atoms in total. The van der Waals surface area contributed by atoms with Gasteiger partial charge in [0.2, 0.25) is 0 Å². The van der Waals surface area contributed by atoms with E-state index in [1.807, 2.05) is 6.07 Å². The fraction of sp³-hybridized carbons (Fsp3) is 0.333. The highest BCUT2D eigenvalue weighted by atomic mass is 15.1. The van der Waals surface area contributed by atoms with Crippen LogP contribution < -0.4 is 0 Å². The molecule has 0 unspecified atom stereocenters. The molecule has 2 rings (SSSR count). The molecule has 17 heavy (non-hydrogen) atoms. The molecule has 1 heterocycles. The maximum Gasteiger partial charge on any atom is 0.0932 e. The quantitative estimate of drug-likeness (QED) is 0.695. The number of nitrogens with zero attached hydrogens (tertiary/aromatic N) is 2. The first-order valence-corrected chi connectivity index (χ1v) is 5.75. The summed E-state index contributed by atoms with van der Waals surface area (Å²) in [6.45, 7) is 6.35. The third kappa shape index (κ3) is 3.29. The molecular weight excluding hydrogens is 208 g/mol. The number of aromatic nitrogens is 2. The second-order valence-corrected chi connectivity index (χ2v) is 5.15. The van der Waals surface area contributed by atoms with E-state index in [2.05, 4.69) is 61.0 Å². The minimum Gasteiger partial charge on any atom is -0.159 e. The highest BCUT2D eigenvalue weighted by Gasteiger charge is 2.03. The van der Waals surface area contributed by atoms with E-state index < -0.39 is 0 Å². The van der Waals surface area contributed by atoms with Crippen molar-refractivity contribution in [3.05, 3.63) is 36.0 Å². The molecule has 0 radical (unpaired) electrons. The molecule has 0 aliphatic carbocycles. The fourth-order valence-electron chi connectivity index (χ4n) is 1.55. The van der Waals surface area contributed by atoms with E-state index in [0.29, 0.717) is 0 Å². The lowest BCUT2D eigenvalue weighted by Gasteiger charge is -2.06. The average Bonchev–Trinajstić information content (AvgIpc) is 2.27. The van der Waals surface area contributed by atoms with Crippen LogP contribution in [0.1, 0.15) is 26.3 Å². The fourth-order valence-corrected chi connectivity index (χ4v) is 1.55. The van der Waals surface area contributed by atoms with E-state index in [0.717, 1.165) is 17.3 Å². The molecule has 0 saturated carbocycles. The van der Waals surface area contributed by atoms with Crippen molar-refractivity contribution < 1.29 is 0 Å². The van der Waals surface area contributed by atoms with Gasteiger partial charge in [0.1, 0.15) is 0 Å². The zero-order valence-electron chi connectivity index (χ0n) is 10.5. The normalized spacial score (nSPS) is 11.0. The highest BCUT2D eigenvalue weighted by Crippen LogP contribution is 2.13. The third-order valence-electron chi connectivity index (χ3n) is 2.34. The number of benzene rings is 1. The van der Waals surface area contributed by atoms with Crippen LogP contribution in [0.25, 0.3) is 10.9 Å². The van der Waals surface area contributed by atoms with E-state index in [1.165, 1.54) is 5.56 Å². The largest absolute Gasteiger partial charge is 0.159 e. The Morgan fingerprint density at radius 3 is 2.76 bits per heavy atom. The van der Waals surface area contributed by atoms with Gasteiger partial charge in [-0.3, -0.25) is 0 Å². The van der Waals surface area contributed by atoms with Crippen molar-refractivity contribution in [1.29, 1.82) is 0 Å². The van der Waals surface area contributed by atoms with Crippen LogP contribution in [-0.4, -0.2) is 10.2 Å². The topological polar surface area (TPSA) is 25.8 Å². The summed E-state index contributed by atoms with van der Waals surface area (Å²) in [7, 11) is 0. The van der Waals surface area contributed by atoms with Crippen molar-refractivity contribution in [2.75, 3.05) is 0 Å². The van der Waals surface area contributed by atoms with Gasteiger partial charge >= 0.3 is 0 Å². The van der Waals surface area contributed by atoms with Crippen LogP contribution in [-0.2, 0) is 6.42 Å². The van der Waals surface area contributed by atoms with E-state index >= 15 is 0 Å². The van der Waals surface area contributed by atoms with Crippen molar-refractivity contribution >= 4 is 10.9 Å². The Bertz CT molecular complexity index is 583. The summed E-state index contributed by atoms with van der Waals surface area (Å²) in [5, 5.41) is 9.11. The predicted octanol–water partition coefficient (Wildman–Crippen LogP) is 3.22. The number of rotatable bonds is 1. The first-order valence-electron chi connectivity index (χ1n) is 5.75.